The number of hydrogen-bond acceptors (Lipinski definition) is 7. The highest BCUT2D eigenvalue weighted by Gasteiger charge is 2.54. The molecule has 2 aliphatic heterocycles. The SMILES string of the molecule is Cl.O=C(NO)C1(S(=O)(=O)N2CCN(c3ccc(-c4ccsc4)c(F)c3)CC2)CCOCC1. The first-order valence-electron chi connectivity index (χ1n) is 9.98. The number of piperazine rings is 1. The number of nitrogens with one attached hydrogen (secondary N) is 1. The van der Waals surface area contributed by atoms with E-state index in [0.29, 0.717) is 24.3 Å². The van der Waals surface area contributed by atoms with Crippen molar-refractivity contribution in [3.05, 3.63) is 40.8 Å². The van der Waals surface area contributed by atoms with Gasteiger partial charge in [-0.2, -0.15) is 15.6 Å². The second kappa shape index (κ2) is 10.0. The lowest BCUT2D eigenvalue weighted by atomic mass is 9.98. The van der Waals surface area contributed by atoms with Gasteiger partial charge in [0.2, 0.25) is 10.0 Å². The van der Waals surface area contributed by atoms with Crippen LogP contribution in [0.3, 0.4) is 0 Å². The van der Waals surface area contributed by atoms with E-state index in [0.717, 1.165) is 5.56 Å². The first-order chi connectivity index (χ1) is 14.9. The molecule has 0 saturated carbocycles. The molecule has 2 N–H and O–H groups in total. The van der Waals surface area contributed by atoms with Crippen LogP contribution >= 0.6 is 23.7 Å². The van der Waals surface area contributed by atoms with Crippen molar-refractivity contribution in [2.24, 2.45) is 0 Å². The maximum atomic E-state index is 14.6. The molecule has 12 heteroatoms. The Balaban J connectivity index is 0.00000289. The molecule has 0 atom stereocenters. The van der Waals surface area contributed by atoms with Gasteiger partial charge in [-0.15, -0.1) is 12.4 Å². The summed E-state index contributed by atoms with van der Waals surface area (Å²) in [5, 5.41) is 12.9. The molecule has 1 amide bonds. The number of carbonyl (C=O) groups excluding carboxylic acids is 1. The average Bonchev–Trinajstić information content (AvgIpc) is 3.33. The van der Waals surface area contributed by atoms with Crippen molar-refractivity contribution >= 4 is 45.4 Å². The standard InChI is InChI=1S/C20H24FN3O5S2.ClH/c21-18-13-16(1-2-17(18)15-3-12-30-14-15)23-6-8-24(9-7-23)31(27,28)20(19(25)22-26)4-10-29-11-5-20;/h1-3,12-14,26H,4-11H2,(H,22,25);1H. The number of hydroxylamine groups is 1. The van der Waals surface area contributed by atoms with E-state index in [4.69, 9.17) is 9.94 Å². The molecule has 0 radical (unpaired) electrons. The lowest BCUT2D eigenvalue weighted by Gasteiger charge is -2.42. The molecule has 0 bridgehead atoms. The van der Waals surface area contributed by atoms with Crippen molar-refractivity contribution in [1.29, 1.82) is 0 Å². The van der Waals surface area contributed by atoms with Crippen molar-refractivity contribution in [3.63, 3.8) is 0 Å². The molecule has 8 nitrogen and oxygen atoms in total. The Labute approximate surface area is 196 Å². The van der Waals surface area contributed by atoms with Crippen LogP contribution in [0, 0.1) is 5.82 Å². The summed E-state index contributed by atoms with van der Waals surface area (Å²) in [6.07, 6.45) is -0.0333. The molecule has 32 heavy (non-hydrogen) atoms. The molecule has 2 saturated heterocycles. The summed E-state index contributed by atoms with van der Waals surface area (Å²) < 4.78 is 46.2. The third kappa shape index (κ3) is 4.37. The number of amides is 1. The van der Waals surface area contributed by atoms with Gasteiger partial charge in [0.1, 0.15) is 5.82 Å². The van der Waals surface area contributed by atoms with E-state index in [1.165, 1.54) is 27.2 Å². The van der Waals surface area contributed by atoms with Gasteiger partial charge in [0.05, 0.1) is 0 Å². The summed E-state index contributed by atoms with van der Waals surface area (Å²) in [7, 11) is -4.03. The largest absolute Gasteiger partial charge is 0.381 e. The number of ether oxygens (including phenoxy) is 1. The molecular formula is C20H25ClFN3O5S2. The lowest BCUT2D eigenvalue weighted by Crippen LogP contribution is -2.62. The van der Waals surface area contributed by atoms with Gasteiger partial charge in [-0.25, -0.2) is 18.3 Å². The maximum Gasteiger partial charge on any atom is 0.266 e. The second-order valence-electron chi connectivity index (χ2n) is 7.61. The van der Waals surface area contributed by atoms with E-state index in [1.807, 2.05) is 27.8 Å². The normalized spacial score (nSPS) is 19.2. The molecule has 0 unspecified atom stereocenters. The van der Waals surface area contributed by atoms with Crippen molar-refractivity contribution in [2.45, 2.75) is 17.6 Å². The molecule has 176 valence electrons. The summed E-state index contributed by atoms with van der Waals surface area (Å²) in [5.41, 5.74) is 3.57. The smallest absolute Gasteiger partial charge is 0.266 e. The average molecular weight is 506 g/mol. The maximum absolute atomic E-state index is 14.6. The number of rotatable bonds is 5. The van der Waals surface area contributed by atoms with E-state index in [9.17, 15) is 17.6 Å². The summed E-state index contributed by atoms with van der Waals surface area (Å²) in [6.45, 7) is 1.31. The van der Waals surface area contributed by atoms with Crippen LogP contribution in [-0.2, 0) is 19.6 Å². The van der Waals surface area contributed by atoms with Gasteiger partial charge in [-0.05, 0) is 40.6 Å². The van der Waals surface area contributed by atoms with E-state index >= 15 is 0 Å². The predicted molar refractivity (Wildman–Crippen MR) is 122 cm³/mol. The molecule has 2 aliphatic rings. The summed E-state index contributed by atoms with van der Waals surface area (Å²) >= 11 is 1.50. The molecule has 0 aliphatic carbocycles. The molecule has 4 rings (SSSR count). The number of sulfonamides is 1. The fourth-order valence-corrected chi connectivity index (χ4v) is 6.95. The number of thiophene rings is 1. The third-order valence-corrected chi connectivity index (χ3v) is 9.35. The van der Waals surface area contributed by atoms with E-state index in [1.54, 1.807) is 6.07 Å². The van der Waals surface area contributed by atoms with Crippen molar-refractivity contribution in [1.82, 2.24) is 9.79 Å². The zero-order chi connectivity index (χ0) is 22.1. The van der Waals surface area contributed by atoms with Crippen molar-refractivity contribution in [3.8, 4) is 11.1 Å². The quantitative estimate of drug-likeness (QED) is 0.478. The lowest BCUT2D eigenvalue weighted by molar-refractivity contribution is -0.134. The number of halogens is 2. The van der Waals surface area contributed by atoms with Gasteiger partial charge < -0.3 is 9.64 Å². The minimum Gasteiger partial charge on any atom is -0.381 e. The Hall–Kier alpha value is -1.76. The van der Waals surface area contributed by atoms with Crippen LogP contribution in [0.2, 0.25) is 0 Å². The topological polar surface area (TPSA) is 99.2 Å². The van der Waals surface area contributed by atoms with E-state index in [-0.39, 0.29) is 57.4 Å². The first kappa shape index (κ1) is 24.9. The molecule has 3 heterocycles. The highest BCUT2D eigenvalue weighted by molar-refractivity contribution is 7.91. The summed E-state index contributed by atoms with van der Waals surface area (Å²) in [5.74, 6) is -1.25. The number of benzene rings is 1. The van der Waals surface area contributed by atoms with Gasteiger partial charge >= 0.3 is 0 Å². The number of nitrogens with zero attached hydrogens (tertiary/aromatic N) is 2. The van der Waals surface area contributed by atoms with E-state index < -0.39 is 20.7 Å². The van der Waals surface area contributed by atoms with Gasteiger partial charge in [0.15, 0.2) is 4.75 Å². The van der Waals surface area contributed by atoms with Gasteiger partial charge in [-0.3, -0.25) is 10.0 Å². The zero-order valence-electron chi connectivity index (χ0n) is 17.2. The van der Waals surface area contributed by atoms with E-state index in [2.05, 4.69) is 0 Å². The van der Waals surface area contributed by atoms with Gasteiger partial charge in [0, 0.05) is 63.5 Å². The first-order valence-corrected chi connectivity index (χ1v) is 12.4. The van der Waals surface area contributed by atoms with Crippen LogP contribution in [0.1, 0.15) is 12.8 Å². The van der Waals surface area contributed by atoms with Crippen molar-refractivity contribution in [2.75, 3.05) is 44.3 Å². The zero-order valence-corrected chi connectivity index (χ0v) is 19.6. The number of anilines is 1. The van der Waals surface area contributed by atoms with Gasteiger partial charge in [0.25, 0.3) is 5.91 Å². The Morgan fingerprint density at radius 2 is 1.84 bits per heavy atom. The Bertz CT molecular complexity index is 1040. The van der Waals surface area contributed by atoms with Crippen LogP contribution in [0.15, 0.2) is 35.0 Å². The van der Waals surface area contributed by atoms with Crippen molar-refractivity contribution < 1.29 is 27.5 Å². The van der Waals surface area contributed by atoms with Crippen LogP contribution in [0.4, 0.5) is 10.1 Å². The molecule has 0 spiro atoms. The minimum absolute atomic E-state index is 0. The highest BCUT2D eigenvalue weighted by Crippen LogP contribution is 2.34. The monoisotopic (exact) mass is 505 g/mol. The molecular weight excluding hydrogens is 481 g/mol. The third-order valence-electron chi connectivity index (χ3n) is 6.04. The van der Waals surface area contributed by atoms with Crippen LogP contribution in [0.5, 0.6) is 0 Å². The fraction of sp³-hybridized carbons (Fsp3) is 0.450. The molecule has 1 aromatic heterocycles. The number of carbonyl (C=O) groups is 1. The Morgan fingerprint density at radius 3 is 2.41 bits per heavy atom. The molecule has 2 fully saturated rings. The van der Waals surface area contributed by atoms with Crippen LogP contribution in [-0.4, -0.2) is 68.0 Å². The molecule has 2 aromatic rings. The van der Waals surface area contributed by atoms with Crippen LogP contribution in [0.25, 0.3) is 11.1 Å². The fourth-order valence-electron chi connectivity index (χ4n) is 4.19. The number of hydrogen-bond donors (Lipinski definition) is 2. The van der Waals surface area contributed by atoms with Gasteiger partial charge in [-0.1, -0.05) is 0 Å². The summed E-state index contributed by atoms with van der Waals surface area (Å²) in [4.78, 5) is 14.3. The molecule has 1 aromatic carbocycles. The summed E-state index contributed by atoms with van der Waals surface area (Å²) in [6, 6.07) is 6.90. The predicted octanol–water partition coefficient (Wildman–Crippen LogP) is 2.48. The Morgan fingerprint density at radius 1 is 1.16 bits per heavy atom. The minimum atomic E-state index is -4.03. The highest BCUT2D eigenvalue weighted by atomic mass is 35.5. The second-order valence-corrected chi connectivity index (χ2v) is 10.6. The Kier molecular flexibility index (Phi) is 7.79. The van der Waals surface area contributed by atoms with Crippen LogP contribution < -0.4 is 10.4 Å².